The van der Waals surface area contributed by atoms with Gasteiger partial charge in [-0.3, -0.25) is 9.78 Å². The largest absolute Gasteiger partial charge is 0.416 e. The van der Waals surface area contributed by atoms with E-state index in [0.717, 1.165) is 39.7 Å². The van der Waals surface area contributed by atoms with Gasteiger partial charge >= 0.3 is 6.18 Å². The van der Waals surface area contributed by atoms with E-state index in [-0.39, 0.29) is 18.9 Å². The molecule has 2 aromatic heterocycles. The smallest absolute Gasteiger partial charge is 0.337 e. The van der Waals surface area contributed by atoms with E-state index in [9.17, 15) is 26.4 Å². The SMILES string of the molecule is O=C(CC1CCCCN1S(=O)(=O)c1cccc(C(F)(F)F)c1)N1CCc2nc(-c3ccncc3)sc2C1. The summed E-state index contributed by atoms with van der Waals surface area (Å²) in [6, 6.07) is 6.95. The first kappa shape index (κ1) is 25.8. The number of fused-ring (bicyclic) bond motifs is 1. The Morgan fingerprint density at radius 1 is 1.11 bits per heavy atom. The van der Waals surface area contributed by atoms with Gasteiger partial charge in [0.1, 0.15) is 5.01 Å². The summed E-state index contributed by atoms with van der Waals surface area (Å²) >= 11 is 1.53. The number of amides is 1. The fourth-order valence-corrected chi connectivity index (χ4v) is 7.69. The molecule has 1 amide bonds. The number of alkyl halides is 3. The normalized spacial score (nSPS) is 19.0. The average Bonchev–Trinajstić information content (AvgIpc) is 3.33. The van der Waals surface area contributed by atoms with E-state index in [0.29, 0.717) is 38.4 Å². The summed E-state index contributed by atoms with van der Waals surface area (Å²) in [6.07, 6.45) is 1.18. The van der Waals surface area contributed by atoms with E-state index in [1.165, 1.54) is 21.7 Å². The van der Waals surface area contributed by atoms with Gasteiger partial charge in [0, 0.05) is 54.8 Å². The molecule has 3 aromatic rings. The monoisotopic (exact) mass is 550 g/mol. The van der Waals surface area contributed by atoms with Crippen LogP contribution in [-0.2, 0) is 34.0 Å². The number of rotatable bonds is 5. The van der Waals surface area contributed by atoms with Gasteiger partial charge in [-0.1, -0.05) is 12.5 Å². The summed E-state index contributed by atoms with van der Waals surface area (Å²) in [5.74, 6) is -0.166. The van der Waals surface area contributed by atoms with Crippen LogP contribution in [0, 0.1) is 0 Å². The zero-order chi connectivity index (χ0) is 26.2. The molecule has 0 bridgehead atoms. The van der Waals surface area contributed by atoms with E-state index in [4.69, 9.17) is 4.98 Å². The Bertz CT molecular complexity index is 1390. The molecular weight excluding hydrogens is 525 g/mol. The molecule has 1 fully saturated rings. The third-order valence-corrected chi connectivity index (χ3v) is 9.84. The van der Waals surface area contributed by atoms with Crippen LogP contribution in [0.5, 0.6) is 0 Å². The minimum Gasteiger partial charge on any atom is -0.337 e. The minimum atomic E-state index is -4.65. The highest BCUT2D eigenvalue weighted by atomic mass is 32.2. The minimum absolute atomic E-state index is 0.0104. The molecule has 0 saturated carbocycles. The van der Waals surface area contributed by atoms with Crippen molar-refractivity contribution >= 4 is 27.3 Å². The van der Waals surface area contributed by atoms with Gasteiger partial charge in [-0.05, 0) is 43.2 Å². The number of nitrogens with zero attached hydrogens (tertiary/aromatic N) is 4. The van der Waals surface area contributed by atoms with E-state index in [2.05, 4.69) is 4.98 Å². The molecular formula is C25H25F3N4O3S2. The van der Waals surface area contributed by atoms with Crippen LogP contribution in [0.25, 0.3) is 10.6 Å². The molecule has 1 unspecified atom stereocenters. The Kier molecular flexibility index (Phi) is 7.08. The molecule has 1 atom stereocenters. The topological polar surface area (TPSA) is 83.5 Å². The van der Waals surface area contributed by atoms with E-state index < -0.39 is 32.7 Å². The number of hydrogen-bond acceptors (Lipinski definition) is 6. The van der Waals surface area contributed by atoms with Gasteiger partial charge in [0.15, 0.2) is 0 Å². The molecule has 5 rings (SSSR count). The quantitative estimate of drug-likeness (QED) is 0.458. The van der Waals surface area contributed by atoms with Gasteiger partial charge < -0.3 is 4.90 Å². The van der Waals surface area contributed by atoms with Crippen LogP contribution in [0.3, 0.4) is 0 Å². The average molecular weight is 551 g/mol. The number of carbonyl (C=O) groups excluding carboxylic acids is 1. The van der Waals surface area contributed by atoms with Gasteiger partial charge in [-0.15, -0.1) is 11.3 Å². The summed E-state index contributed by atoms with van der Waals surface area (Å²) in [5.41, 5.74) is 0.912. The number of sulfonamides is 1. The Morgan fingerprint density at radius 2 is 1.89 bits per heavy atom. The fourth-order valence-electron chi connectivity index (χ4n) is 4.82. The molecule has 0 N–H and O–H groups in total. The van der Waals surface area contributed by atoms with E-state index in [1.807, 2.05) is 12.1 Å². The summed E-state index contributed by atoms with van der Waals surface area (Å²) in [4.78, 5) is 24.3. The molecule has 1 saturated heterocycles. The van der Waals surface area contributed by atoms with Crippen molar-refractivity contribution in [2.24, 2.45) is 0 Å². The van der Waals surface area contributed by atoms with Crippen LogP contribution in [-0.4, -0.2) is 52.6 Å². The lowest BCUT2D eigenvalue weighted by atomic mass is 10.0. The first-order valence-corrected chi connectivity index (χ1v) is 14.2. The van der Waals surface area contributed by atoms with Gasteiger partial charge in [0.2, 0.25) is 15.9 Å². The molecule has 2 aliphatic heterocycles. The summed E-state index contributed by atoms with van der Waals surface area (Å²) < 4.78 is 67.5. The number of hydrogen-bond donors (Lipinski definition) is 0. The van der Waals surface area contributed by atoms with Crippen molar-refractivity contribution < 1.29 is 26.4 Å². The molecule has 0 spiro atoms. The van der Waals surface area contributed by atoms with Crippen molar-refractivity contribution in [2.75, 3.05) is 13.1 Å². The fraction of sp³-hybridized carbons (Fsp3) is 0.400. The first-order chi connectivity index (χ1) is 17.6. The van der Waals surface area contributed by atoms with Crippen molar-refractivity contribution in [3.8, 4) is 10.6 Å². The highest BCUT2D eigenvalue weighted by Gasteiger charge is 2.38. The lowest BCUT2D eigenvalue weighted by Crippen LogP contribution is -2.47. The molecule has 196 valence electrons. The van der Waals surface area contributed by atoms with Crippen LogP contribution in [0.2, 0.25) is 0 Å². The maximum Gasteiger partial charge on any atom is 0.416 e. The van der Waals surface area contributed by atoms with Gasteiger partial charge in [-0.25, -0.2) is 13.4 Å². The molecule has 0 aliphatic carbocycles. The van der Waals surface area contributed by atoms with Crippen molar-refractivity contribution in [3.05, 3.63) is 64.9 Å². The third kappa shape index (κ3) is 5.41. The maximum atomic E-state index is 13.4. The number of aromatic nitrogens is 2. The number of carbonyl (C=O) groups is 1. The molecule has 7 nitrogen and oxygen atoms in total. The van der Waals surface area contributed by atoms with Gasteiger partial charge in [-0.2, -0.15) is 17.5 Å². The predicted octanol–water partition coefficient (Wildman–Crippen LogP) is 4.74. The lowest BCUT2D eigenvalue weighted by molar-refractivity contribution is -0.137. The Morgan fingerprint density at radius 3 is 2.65 bits per heavy atom. The van der Waals surface area contributed by atoms with Crippen LogP contribution in [0.1, 0.15) is 41.8 Å². The third-order valence-electron chi connectivity index (χ3n) is 6.76. The first-order valence-electron chi connectivity index (χ1n) is 12.0. The summed E-state index contributed by atoms with van der Waals surface area (Å²) in [7, 11) is -4.20. The molecule has 0 radical (unpaired) electrons. The standard InChI is InChI=1S/C25H25F3N4O3S2/c26-25(27,28)18-4-3-6-20(14-18)37(34,35)32-12-2-1-5-19(32)15-23(33)31-13-9-21-22(16-31)36-24(30-21)17-7-10-29-11-8-17/h3-4,6-8,10-11,14,19H,1-2,5,9,12-13,15-16H2. The van der Waals surface area contributed by atoms with Crippen LogP contribution < -0.4 is 0 Å². The number of pyridine rings is 1. The second-order valence-electron chi connectivity index (χ2n) is 9.19. The Hall–Kier alpha value is -2.83. The zero-order valence-corrected chi connectivity index (χ0v) is 21.4. The molecule has 1 aromatic carbocycles. The second-order valence-corrected chi connectivity index (χ2v) is 12.2. The lowest BCUT2D eigenvalue weighted by Gasteiger charge is -2.36. The van der Waals surface area contributed by atoms with Crippen molar-refractivity contribution in [1.29, 1.82) is 0 Å². The van der Waals surface area contributed by atoms with Gasteiger partial charge in [0.25, 0.3) is 0 Å². The van der Waals surface area contributed by atoms with E-state index in [1.54, 1.807) is 17.3 Å². The summed E-state index contributed by atoms with van der Waals surface area (Å²) in [6.45, 7) is 1.06. The van der Waals surface area contributed by atoms with Gasteiger partial charge in [0.05, 0.1) is 22.7 Å². The maximum absolute atomic E-state index is 13.4. The zero-order valence-electron chi connectivity index (χ0n) is 19.8. The number of thiazole rings is 1. The number of piperidine rings is 1. The van der Waals surface area contributed by atoms with Crippen LogP contribution in [0.15, 0.2) is 53.7 Å². The molecule has 12 heteroatoms. The van der Waals surface area contributed by atoms with Crippen LogP contribution >= 0.6 is 11.3 Å². The van der Waals surface area contributed by atoms with Crippen molar-refractivity contribution in [3.63, 3.8) is 0 Å². The van der Waals surface area contributed by atoms with Crippen LogP contribution in [0.4, 0.5) is 13.2 Å². The predicted molar refractivity (Wildman–Crippen MR) is 132 cm³/mol. The Balaban J connectivity index is 1.31. The molecule has 2 aliphatic rings. The highest BCUT2D eigenvalue weighted by Crippen LogP contribution is 2.34. The summed E-state index contributed by atoms with van der Waals surface area (Å²) in [5, 5.41) is 0.868. The van der Waals surface area contributed by atoms with Crippen molar-refractivity contribution in [2.45, 2.75) is 55.8 Å². The molecule has 4 heterocycles. The van der Waals surface area contributed by atoms with Crippen molar-refractivity contribution in [1.82, 2.24) is 19.2 Å². The number of benzene rings is 1. The number of halogens is 3. The van der Waals surface area contributed by atoms with E-state index >= 15 is 0 Å². The molecule has 37 heavy (non-hydrogen) atoms. The Labute approximate surface area is 217 Å². The second kappa shape index (κ2) is 10.1. The highest BCUT2D eigenvalue weighted by molar-refractivity contribution is 7.89.